The summed E-state index contributed by atoms with van der Waals surface area (Å²) in [7, 11) is 0. The van der Waals surface area contributed by atoms with Crippen LogP contribution in [-0.2, 0) is 0 Å². The molecular weight excluding hydrogens is 315 g/mol. The summed E-state index contributed by atoms with van der Waals surface area (Å²) in [5, 5.41) is 1.08. The molecule has 2 heterocycles. The van der Waals surface area contributed by atoms with Crippen LogP contribution in [0, 0.1) is 12.7 Å². The SMILES string of the molecule is Cc1c(C(=O)N2CCCC[C@H]2c2ccc(F)cc2)[nH]c2ccccc12. The molecule has 0 bridgehead atoms. The quantitative estimate of drug-likeness (QED) is 0.704. The van der Waals surface area contributed by atoms with Crippen LogP contribution < -0.4 is 0 Å². The van der Waals surface area contributed by atoms with Crippen LogP contribution in [0.25, 0.3) is 10.9 Å². The highest BCUT2D eigenvalue weighted by Gasteiger charge is 2.30. The largest absolute Gasteiger partial charge is 0.350 e. The highest BCUT2D eigenvalue weighted by atomic mass is 19.1. The van der Waals surface area contributed by atoms with Crippen molar-refractivity contribution < 1.29 is 9.18 Å². The molecule has 0 aliphatic carbocycles. The van der Waals surface area contributed by atoms with Crippen molar-refractivity contribution in [2.75, 3.05) is 6.54 Å². The van der Waals surface area contributed by atoms with Gasteiger partial charge >= 0.3 is 0 Å². The molecule has 1 N–H and O–H groups in total. The van der Waals surface area contributed by atoms with Crippen LogP contribution in [0.2, 0.25) is 0 Å². The number of fused-ring (bicyclic) bond motifs is 1. The van der Waals surface area contributed by atoms with Crippen molar-refractivity contribution in [1.82, 2.24) is 9.88 Å². The lowest BCUT2D eigenvalue weighted by atomic mass is 9.94. The topological polar surface area (TPSA) is 36.1 Å². The molecule has 1 saturated heterocycles. The Morgan fingerprint density at radius 3 is 2.64 bits per heavy atom. The number of aryl methyl sites for hydroxylation is 1. The Kier molecular flexibility index (Phi) is 4.04. The fourth-order valence-corrected chi connectivity index (χ4v) is 3.85. The van der Waals surface area contributed by atoms with E-state index in [9.17, 15) is 9.18 Å². The monoisotopic (exact) mass is 336 g/mol. The molecule has 3 aromatic rings. The minimum absolute atomic E-state index is 0.00709. The normalized spacial score (nSPS) is 17.8. The lowest BCUT2D eigenvalue weighted by Gasteiger charge is -2.36. The summed E-state index contributed by atoms with van der Waals surface area (Å²) in [6.07, 6.45) is 3.00. The minimum Gasteiger partial charge on any atom is -0.350 e. The van der Waals surface area contributed by atoms with Gasteiger partial charge in [0.15, 0.2) is 0 Å². The second-order valence-electron chi connectivity index (χ2n) is 6.73. The van der Waals surface area contributed by atoms with Crippen molar-refractivity contribution in [2.24, 2.45) is 0 Å². The van der Waals surface area contributed by atoms with Gasteiger partial charge in [0.05, 0.1) is 6.04 Å². The van der Waals surface area contributed by atoms with Crippen molar-refractivity contribution in [3.05, 3.63) is 71.2 Å². The number of piperidine rings is 1. The fraction of sp³-hybridized carbons (Fsp3) is 0.286. The molecule has 3 nitrogen and oxygen atoms in total. The van der Waals surface area contributed by atoms with E-state index in [0.29, 0.717) is 5.69 Å². The van der Waals surface area contributed by atoms with Crippen LogP contribution in [0.3, 0.4) is 0 Å². The predicted molar refractivity (Wildman–Crippen MR) is 97.1 cm³/mol. The second-order valence-corrected chi connectivity index (χ2v) is 6.73. The van der Waals surface area contributed by atoms with Gasteiger partial charge in [-0.25, -0.2) is 4.39 Å². The molecule has 1 atom stereocenters. The summed E-state index contributed by atoms with van der Waals surface area (Å²) in [4.78, 5) is 18.5. The van der Waals surface area contributed by atoms with E-state index in [1.165, 1.54) is 12.1 Å². The first-order valence-corrected chi connectivity index (χ1v) is 8.79. The van der Waals surface area contributed by atoms with E-state index < -0.39 is 0 Å². The lowest BCUT2D eigenvalue weighted by molar-refractivity contribution is 0.0605. The molecule has 1 aliphatic heterocycles. The van der Waals surface area contributed by atoms with E-state index in [-0.39, 0.29) is 17.8 Å². The van der Waals surface area contributed by atoms with Gasteiger partial charge < -0.3 is 9.88 Å². The zero-order valence-corrected chi connectivity index (χ0v) is 14.3. The van der Waals surface area contributed by atoms with Gasteiger partial charge in [0.1, 0.15) is 11.5 Å². The maximum Gasteiger partial charge on any atom is 0.271 e. The van der Waals surface area contributed by atoms with Crippen molar-refractivity contribution in [2.45, 2.75) is 32.2 Å². The van der Waals surface area contributed by atoms with Crippen LogP contribution in [0.15, 0.2) is 48.5 Å². The molecule has 0 unspecified atom stereocenters. The molecule has 4 heteroatoms. The third-order valence-corrected chi connectivity index (χ3v) is 5.20. The van der Waals surface area contributed by atoms with Crippen molar-refractivity contribution in [3.8, 4) is 0 Å². The summed E-state index contributed by atoms with van der Waals surface area (Å²) in [5.41, 5.74) is 3.64. The van der Waals surface area contributed by atoms with Gasteiger partial charge in [-0.3, -0.25) is 4.79 Å². The third kappa shape index (κ3) is 2.82. The van der Waals surface area contributed by atoms with Gasteiger partial charge in [0, 0.05) is 17.4 Å². The first-order valence-electron chi connectivity index (χ1n) is 8.79. The molecule has 1 aromatic heterocycles. The summed E-state index contributed by atoms with van der Waals surface area (Å²) in [6, 6.07) is 14.5. The summed E-state index contributed by atoms with van der Waals surface area (Å²) in [5.74, 6) is -0.216. The van der Waals surface area contributed by atoms with E-state index in [2.05, 4.69) is 4.98 Å². The number of halogens is 1. The Labute approximate surface area is 146 Å². The number of hydrogen-bond donors (Lipinski definition) is 1. The van der Waals surface area contributed by atoms with Crippen LogP contribution in [-0.4, -0.2) is 22.3 Å². The number of H-pyrrole nitrogens is 1. The number of hydrogen-bond acceptors (Lipinski definition) is 1. The van der Waals surface area contributed by atoms with Crippen LogP contribution >= 0.6 is 0 Å². The maximum atomic E-state index is 13.3. The smallest absolute Gasteiger partial charge is 0.271 e. The minimum atomic E-state index is -0.246. The highest BCUT2D eigenvalue weighted by molar-refractivity contribution is 6.01. The van der Waals surface area contributed by atoms with E-state index in [0.717, 1.165) is 47.8 Å². The zero-order valence-electron chi connectivity index (χ0n) is 14.3. The Hall–Kier alpha value is -2.62. The van der Waals surface area contributed by atoms with Crippen LogP contribution in [0.4, 0.5) is 4.39 Å². The number of amides is 1. The van der Waals surface area contributed by atoms with Crippen molar-refractivity contribution in [1.29, 1.82) is 0 Å². The molecule has 4 rings (SSSR count). The molecular formula is C21H21FN2O. The molecule has 128 valence electrons. The van der Waals surface area contributed by atoms with Gasteiger partial charge in [-0.05, 0) is 55.5 Å². The second kappa shape index (κ2) is 6.36. The molecule has 1 amide bonds. The average molecular weight is 336 g/mol. The summed E-state index contributed by atoms with van der Waals surface area (Å²) in [6.45, 7) is 2.72. The predicted octanol–water partition coefficient (Wildman–Crippen LogP) is 4.98. The summed E-state index contributed by atoms with van der Waals surface area (Å²) < 4.78 is 13.3. The molecule has 0 radical (unpaired) electrons. The Morgan fingerprint density at radius 1 is 1.12 bits per heavy atom. The molecule has 1 fully saturated rings. The average Bonchev–Trinajstić information content (AvgIpc) is 2.99. The number of aromatic amines is 1. The zero-order chi connectivity index (χ0) is 17.4. The number of likely N-dealkylation sites (tertiary alicyclic amines) is 1. The standard InChI is InChI=1S/C21H21FN2O/c1-14-17-6-2-3-7-18(17)23-20(14)21(25)24-13-5-4-8-19(24)15-9-11-16(22)12-10-15/h2-3,6-7,9-12,19,23H,4-5,8,13H2,1H3/t19-/m0/s1. The number of para-hydroxylation sites is 1. The Morgan fingerprint density at radius 2 is 1.88 bits per heavy atom. The van der Waals surface area contributed by atoms with E-state index >= 15 is 0 Å². The van der Waals surface area contributed by atoms with E-state index in [4.69, 9.17) is 0 Å². The van der Waals surface area contributed by atoms with E-state index in [1.807, 2.05) is 36.1 Å². The third-order valence-electron chi connectivity index (χ3n) is 5.20. The molecule has 25 heavy (non-hydrogen) atoms. The number of carbonyl (C=O) groups excluding carboxylic acids is 1. The van der Waals surface area contributed by atoms with Gasteiger partial charge in [0.25, 0.3) is 5.91 Å². The molecule has 0 spiro atoms. The van der Waals surface area contributed by atoms with Gasteiger partial charge in [-0.1, -0.05) is 30.3 Å². The van der Waals surface area contributed by atoms with Crippen LogP contribution in [0.1, 0.15) is 46.9 Å². The molecule has 2 aromatic carbocycles. The van der Waals surface area contributed by atoms with Gasteiger partial charge in [0.2, 0.25) is 0 Å². The van der Waals surface area contributed by atoms with E-state index in [1.54, 1.807) is 12.1 Å². The van der Waals surface area contributed by atoms with Gasteiger partial charge in [-0.15, -0.1) is 0 Å². The van der Waals surface area contributed by atoms with Crippen LogP contribution in [0.5, 0.6) is 0 Å². The van der Waals surface area contributed by atoms with Crippen molar-refractivity contribution >= 4 is 16.8 Å². The maximum absolute atomic E-state index is 13.3. The number of nitrogens with one attached hydrogen (secondary N) is 1. The lowest BCUT2D eigenvalue weighted by Crippen LogP contribution is -2.39. The number of benzene rings is 2. The van der Waals surface area contributed by atoms with Crippen molar-refractivity contribution in [3.63, 3.8) is 0 Å². The first-order chi connectivity index (χ1) is 12.1. The summed E-state index contributed by atoms with van der Waals surface area (Å²) >= 11 is 0. The Balaban J connectivity index is 1.71. The number of rotatable bonds is 2. The highest BCUT2D eigenvalue weighted by Crippen LogP contribution is 2.33. The molecule has 0 saturated carbocycles. The number of aromatic nitrogens is 1. The first kappa shape index (κ1) is 15.9. The molecule has 1 aliphatic rings. The number of nitrogens with zero attached hydrogens (tertiary/aromatic N) is 1. The fourth-order valence-electron chi connectivity index (χ4n) is 3.85. The number of carbonyl (C=O) groups is 1. The Bertz CT molecular complexity index is 913. The van der Waals surface area contributed by atoms with Gasteiger partial charge in [-0.2, -0.15) is 0 Å².